The predicted octanol–water partition coefficient (Wildman–Crippen LogP) is 1.10. The number of hydrogen-bond acceptors (Lipinski definition) is 4. The van der Waals surface area contributed by atoms with Gasteiger partial charge in [-0.1, -0.05) is 6.92 Å². The number of aliphatic hydroxyl groups is 2. The minimum Gasteiger partial charge on any atom is -0.388 e. The van der Waals surface area contributed by atoms with Crippen molar-refractivity contribution in [2.24, 2.45) is 11.8 Å². The molecule has 2 bridgehead atoms. The fourth-order valence-corrected chi connectivity index (χ4v) is 6.17. The van der Waals surface area contributed by atoms with Gasteiger partial charge in [0.05, 0.1) is 11.1 Å². The molecule has 5 atom stereocenters. The van der Waals surface area contributed by atoms with Crippen LogP contribution in [0.15, 0.2) is 0 Å². The summed E-state index contributed by atoms with van der Waals surface area (Å²) in [5.41, 5.74) is -2.87. The normalized spacial score (nSPS) is 55.5. The van der Waals surface area contributed by atoms with E-state index in [1.165, 1.54) is 0 Å². The molecule has 1 unspecified atom stereocenters. The molecule has 2 heterocycles. The minimum absolute atomic E-state index is 0.00863. The summed E-state index contributed by atoms with van der Waals surface area (Å²) in [6.07, 6.45) is 5.18. The number of carbonyl (C=O) groups excluding carboxylic acids is 1. The molecule has 2 saturated carbocycles. The van der Waals surface area contributed by atoms with Crippen LogP contribution in [0.1, 0.15) is 51.9 Å². The number of Topliss-reactive ketones (excluding diaryl/α,β-unsaturated/α-hetero) is 1. The van der Waals surface area contributed by atoms with Gasteiger partial charge in [-0.05, 0) is 63.5 Å². The topological polar surface area (TPSA) is 60.8 Å². The van der Waals surface area contributed by atoms with Crippen molar-refractivity contribution in [2.45, 2.75) is 68.6 Å². The van der Waals surface area contributed by atoms with Crippen LogP contribution in [-0.2, 0) is 4.79 Å². The van der Waals surface area contributed by atoms with Gasteiger partial charge < -0.3 is 10.2 Å². The van der Waals surface area contributed by atoms with Gasteiger partial charge in [-0.2, -0.15) is 0 Å². The molecule has 0 aromatic rings. The van der Waals surface area contributed by atoms with Gasteiger partial charge in [-0.15, -0.1) is 0 Å². The third kappa shape index (κ3) is 1.23. The van der Waals surface area contributed by atoms with E-state index in [1.807, 2.05) is 0 Å². The SMILES string of the molecule is CC1C[C@H]2CC(=O)[C@@]3(O)CCCN4CCC[C@@]2(O)[C@@]43C1. The van der Waals surface area contributed by atoms with Gasteiger partial charge in [0.15, 0.2) is 5.78 Å². The zero-order valence-electron chi connectivity index (χ0n) is 12.3. The highest BCUT2D eigenvalue weighted by atomic mass is 16.3. The minimum atomic E-state index is -1.31. The summed E-state index contributed by atoms with van der Waals surface area (Å²) in [6.45, 7) is 4.04. The lowest BCUT2D eigenvalue weighted by Crippen LogP contribution is -2.86. The van der Waals surface area contributed by atoms with Crippen LogP contribution in [0.5, 0.6) is 0 Å². The van der Waals surface area contributed by atoms with Crippen molar-refractivity contribution >= 4 is 5.78 Å². The van der Waals surface area contributed by atoms with E-state index in [9.17, 15) is 15.0 Å². The molecule has 0 amide bonds. The monoisotopic (exact) mass is 279 g/mol. The molecule has 1 spiro atoms. The Kier molecular flexibility index (Phi) is 2.54. The Balaban J connectivity index is 1.95. The quantitative estimate of drug-likeness (QED) is 0.697. The smallest absolute Gasteiger partial charge is 0.166 e. The third-order valence-electron chi connectivity index (χ3n) is 6.79. The van der Waals surface area contributed by atoms with E-state index in [0.29, 0.717) is 18.8 Å². The molecular formula is C16H25NO3. The van der Waals surface area contributed by atoms with Crippen LogP contribution in [0.25, 0.3) is 0 Å². The summed E-state index contributed by atoms with van der Waals surface area (Å²) in [5.74, 6) is 0.504. The van der Waals surface area contributed by atoms with Gasteiger partial charge in [-0.3, -0.25) is 9.69 Å². The molecular weight excluding hydrogens is 254 g/mol. The molecule has 2 saturated heterocycles. The predicted molar refractivity (Wildman–Crippen MR) is 74.2 cm³/mol. The average Bonchev–Trinajstić information content (AvgIpc) is 2.38. The van der Waals surface area contributed by atoms with Gasteiger partial charge in [0.25, 0.3) is 0 Å². The van der Waals surface area contributed by atoms with Gasteiger partial charge in [0.1, 0.15) is 5.60 Å². The summed E-state index contributed by atoms with van der Waals surface area (Å²) in [4.78, 5) is 14.9. The number of ketones is 1. The number of nitrogens with zero attached hydrogens (tertiary/aromatic N) is 1. The van der Waals surface area contributed by atoms with E-state index in [-0.39, 0.29) is 11.7 Å². The van der Waals surface area contributed by atoms with Gasteiger partial charge >= 0.3 is 0 Å². The Morgan fingerprint density at radius 3 is 2.65 bits per heavy atom. The molecule has 0 radical (unpaired) electrons. The number of carbonyl (C=O) groups is 1. The van der Waals surface area contributed by atoms with E-state index in [1.54, 1.807) is 0 Å². The first-order valence-electron chi connectivity index (χ1n) is 8.17. The summed E-state index contributed by atoms with van der Waals surface area (Å²) in [6, 6.07) is 0. The molecule has 20 heavy (non-hydrogen) atoms. The molecule has 112 valence electrons. The molecule has 0 aromatic carbocycles. The van der Waals surface area contributed by atoms with E-state index in [0.717, 1.165) is 45.2 Å². The first-order valence-corrected chi connectivity index (χ1v) is 8.17. The van der Waals surface area contributed by atoms with Crippen LogP contribution in [-0.4, -0.2) is 50.7 Å². The highest BCUT2D eigenvalue weighted by molar-refractivity contribution is 5.91. The maximum atomic E-state index is 12.7. The Bertz CT molecular complexity index is 465. The van der Waals surface area contributed by atoms with E-state index < -0.39 is 16.7 Å². The van der Waals surface area contributed by atoms with E-state index >= 15 is 0 Å². The molecule has 4 rings (SSSR count). The maximum Gasteiger partial charge on any atom is 0.166 e. The second-order valence-electron chi connectivity index (χ2n) is 7.71. The maximum absolute atomic E-state index is 12.7. The van der Waals surface area contributed by atoms with Crippen molar-refractivity contribution in [3.05, 3.63) is 0 Å². The Hall–Kier alpha value is -0.450. The lowest BCUT2D eigenvalue weighted by atomic mass is 9.44. The van der Waals surface area contributed by atoms with Crippen LogP contribution in [0, 0.1) is 11.8 Å². The Morgan fingerprint density at radius 1 is 1.20 bits per heavy atom. The molecule has 4 nitrogen and oxygen atoms in total. The van der Waals surface area contributed by atoms with Crippen molar-refractivity contribution in [1.29, 1.82) is 0 Å². The Morgan fingerprint density at radius 2 is 1.90 bits per heavy atom. The zero-order valence-corrected chi connectivity index (χ0v) is 12.3. The lowest BCUT2D eigenvalue weighted by Gasteiger charge is -2.71. The second-order valence-corrected chi connectivity index (χ2v) is 7.71. The fourth-order valence-electron chi connectivity index (χ4n) is 6.17. The van der Waals surface area contributed by atoms with Crippen LogP contribution in [0.2, 0.25) is 0 Å². The van der Waals surface area contributed by atoms with Gasteiger partial charge in [-0.25, -0.2) is 0 Å². The lowest BCUT2D eigenvalue weighted by molar-refractivity contribution is -0.292. The van der Waals surface area contributed by atoms with E-state index in [4.69, 9.17) is 0 Å². The van der Waals surface area contributed by atoms with E-state index in [2.05, 4.69) is 11.8 Å². The summed E-state index contributed by atoms with van der Waals surface area (Å²) < 4.78 is 0. The van der Waals surface area contributed by atoms with Crippen LogP contribution < -0.4 is 0 Å². The first-order chi connectivity index (χ1) is 9.44. The fraction of sp³-hybridized carbons (Fsp3) is 0.938. The highest BCUT2D eigenvalue weighted by Crippen LogP contribution is 2.62. The number of rotatable bonds is 0. The molecule has 4 fully saturated rings. The summed E-state index contributed by atoms with van der Waals surface area (Å²) >= 11 is 0. The molecule has 0 aromatic heterocycles. The third-order valence-corrected chi connectivity index (χ3v) is 6.79. The van der Waals surface area contributed by atoms with Crippen LogP contribution >= 0.6 is 0 Å². The van der Waals surface area contributed by atoms with Gasteiger partial charge in [0, 0.05) is 6.42 Å². The van der Waals surface area contributed by atoms with Crippen molar-refractivity contribution in [1.82, 2.24) is 4.90 Å². The molecule has 2 aliphatic heterocycles. The molecule has 2 N–H and O–H groups in total. The number of hydrogen-bond donors (Lipinski definition) is 2. The average molecular weight is 279 g/mol. The highest BCUT2D eigenvalue weighted by Gasteiger charge is 2.75. The van der Waals surface area contributed by atoms with Crippen LogP contribution in [0.3, 0.4) is 0 Å². The van der Waals surface area contributed by atoms with Crippen LogP contribution in [0.4, 0.5) is 0 Å². The standard InChI is InChI=1S/C16H25NO3/c1-11-8-12-9-13(18)15(20)5-3-7-17-6-2-4-14(12,19)16(15,17)10-11/h11-12,19-20H,2-10H2,1H3/t11?,12-,14-,15-,16+/m0/s1. The van der Waals surface area contributed by atoms with Gasteiger partial charge in [0.2, 0.25) is 0 Å². The zero-order chi connectivity index (χ0) is 14.2. The number of piperidine rings is 2. The molecule has 2 aliphatic carbocycles. The largest absolute Gasteiger partial charge is 0.388 e. The first kappa shape index (κ1) is 13.2. The summed E-state index contributed by atoms with van der Waals surface area (Å²) in [5, 5.41) is 22.8. The second kappa shape index (κ2) is 3.84. The Labute approximate surface area is 120 Å². The summed E-state index contributed by atoms with van der Waals surface area (Å²) in [7, 11) is 0. The molecule has 4 heteroatoms. The van der Waals surface area contributed by atoms with Crippen molar-refractivity contribution in [3.63, 3.8) is 0 Å². The van der Waals surface area contributed by atoms with Crippen molar-refractivity contribution in [3.8, 4) is 0 Å². The van der Waals surface area contributed by atoms with Crippen molar-refractivity contribution in [2.75, 3.05) is 13.1 Å². The van der Waals surface area contributed by atoms with Crippen molar-refractivity contribution < 1.29 is 15.0 Å². The molecule has 4 aliphatic rings.